The molecule has 1 aliphatic heterocycles. The van der Waals surface area contributed by atoms with E-state index in [1.54, 1.807) is 28.6 Å². The van der Waals surface area contributed by atoms with Gasteiger partial charge in [-0.2, -0.15) is 4.31 Å². The van der Waals surface area contributed by atoms with E-state index in [4.69, 9.17) is 0 Å². The number of rotatable bonds is 7. The number of sulfonamides is 1. The lowest BCUT2D eigenvalue weighted by Crippen LogP contribution is -2.35. The number of hydrogen-bond acceptors (Lipinski definition) is 5. The highest BCUT2D eigenvalue weighted by molar-refractivity contribution is 7.89. The summed E-state index contributed by atoms with van der Waals surface area (Å²) in [7, 11) is -3.41. The monoisotopic (exact) mass is 406 g/mol. The van der Waals surface area contributed by atoms with Gasteiger partial charge in [-0.1, -0.05) is 32.4 Å². The van der Waals surface area contributed by atoms with E-state index in [9.17, 15) is 13.2 Å². The van der Waals surface area contributed by atoms with Crippen LogP contribution in [0.15, 0.2) is 34.5 Å². The van der Waals surface area contributed by atoms with Crippen molar-refractivity contribution in [3.05, 3.63) is 34.7 Å². The molecule has 0 aliphatic carbocycles. The SMILES string of the molecule is CCC(C)C(=O)Cc1nc(-c2ccc(S(=O)(=O)N3CCCCC3)cc2)cs1. The van der Waals surface area contributed by atoms with Crippen molar-refractivity contribution >= 4 is 27.1 Å². The molecule has 2 heterocycles. The first kappa shape index (κ1) is 20.2. The van der Waals surface area contributed by atoms with Gasteiger partial charge in [-0.05, 0) is 31.4 Å². The lowest BCUT2D eigenvalue weighted by Gasteiger charge is -2.25. The first-order valence-corrected chi connectivity index (χ1v) is 11.8. The number of piperidine rings is 1. The third kappa shape index (κ3) is 4.65. The van der Waals surface area contributed by atoms with Gasteiger partial charge in [0.25, 0.3) is 0 Å². The van der Waals surface area contributed by atoms with Crippen molar-refractivity contribution in [2.45, 2.75) is 50.8 Å². The van der Waals surface area contributed by atoms with Crippen molar-refractivity contribution in [3.8, 4) is 11.3 Å². The second-order valence-corrected chi connectivity index (χ2v) is 9.95. The average molecular weight is 407 g/mol. The van der Waals surface area contributed by atoms with Gasteiger partial charge in [0.2, 0.25) is 10.0 Å². The first-order chi connectivity index (χ1) is 12.9. The van der Waals surface area contributed by atoms with Crippen LogP contribution in [0.1, 0.15) is 44.5 Å². The molecule has 1 saturated heterocycles. The second kappa shape index (κ2) is 8.63. The Bertz CT molecular complexity index is 882. The molecule has 0 spiro atoms. The predicted octanol–water partition coefficient (Wildman–Crippen LogP) is 4.14. The Hall–Kier alpha value is -1.57. The maximum Gasteiger partial charge on any atom is 0.243 e. The summed E-state index contributed by atoms with van der Waals surface area (Å²) in [4.78, 5) is 17.0. The van der Waals surface area contributed by atoms with Crippen LogP contribution in [0.3, 0.4) is 0 Å². The molecular weight excluding hydrogens is 380 g/mol. The summed E-state index contributed by atoms with van der Waals surface area (Å²) in [6.45, 7) is 5.15. The maximum atomic E-state index is 12.7. The molecule has 0 N–H and O–H groups in total. The van der Waals surface area contributed by atoms with Crippen LogP contribution in [-0.4, -0.2) is 36.6 Å². The predicted molar refractivity (Wildman–Crippen MR) is 108 cm³/mol. The smallest absolute Gasteiger partial charge is 0.243 e. The number of nitrogens with zero attached hydrogens (tertiary/aromatic N) is 2. The van der Waals surface area contributed by atoms with Gasteiger partial charge >= 0.3 is 0 Å². The van der Waals surface area contributed by atoms with Crippen molar-refractivity contribution in [3.63, 3.8) is 0 Å². The quantitative estimate of drug-likeness (QED) is 0.693. The molecule has 1 aromatic heterocycles. The van der Waals surface area contributed by atoms with E-state index in [1.807, 2.05) is 19.2 Å². The summed E-state index contributed by atoms with van der Waals surface area (Å²) in [5.74, 6) is 0.262. The van der Waals surface area contributed by atoms with Gasteiger partial charge in [0.05, 0.1) is 17.0 Å². The third-order valence-corrected chi connectivity index (χ3v) is 7.90. The Balaban J connectivity index is 1.73. The molecule has 0 radical (unpaired) electrons. The molecule has 0 bridgehead atoms. The van der Waals surface area contributed by atoms with E-state index in [2.05, 4.69) is 4.98 Å². The number of carbonyl (C=O) groups is 1. The van der Waals surface area contributed by atoms with Crippen LogP contribution in [0, 0.1) is 5.92 Å². The van der Waals surface area contributed by atoms with Crippen LogP contribution < -0.4 is 0 Å². The fraction of sp³-hybridized carbons (Fsp3) is 0.500. The zero-order chi connectivity index (χ0) is 19.4. The van der Waals surface area contributed by atoms with Gasteiger partial charge in [-0.15, -0.1) is 11.3 Å². The fourth-order valence-electron chi connectivity index (χ4n) is 3.13. The fourth-order valence-corrected chi connectivity index (χ4v) is 5.46. The molecule has 2 aromatic rings. The maximum absolute atomic E-state index is 12.7. The topological polar surface area (TPSA) is 67.3 Å². The molecule has 1 fully saturated rings. The first-order valence-electron chi connectivity index (χ1n) is 9.49. The highest BCUT2D eigenvalue weighted by atomic mass is 32.2. The number of thiazole rings is 1. The van der Waals surface area contributed by atoms with Crippen LogP contribution in [0.2, 0.25) is 0 Å². The molecule has 3 rings (SSSR count). The molecule has 146 valence electrons. The van der Waals surface area contributed by atoms with Crippen molar-refractivity contribution in [1.82, 2.24) is 9.29 Å². The highest BCUT2D eigenvalue weighted by Gasteiger charge is 2.25. The summed E-state index contributed by atoms with van der Waals surface area (Å²) >= 11 is 1.47. The molecule has 0 saturated carbocycles. The Morgan fingerprint density at radius 2 is 1.85 bits per heavy atom. The summed E-state index contributed by atoms with van der Waals surface area (Å²) in [5, 5.41) is 2.73. The zero-order valence-electron chi connectivity index (χ0n) is 15.8. The van der Waals surface area contributed by atoms with Gasteiger partial charge in [0.15, 0.2) is 0 Å². The highest BCUT2D eigenvalue weighted by Crippen LogP contribution is 2.26. The molecule has 1 aliphatic rings. The van der Waals surface area contributed by atoms with Gasteiger partial charge in [-0.25, -0.2) is 13.4 Å². The molecule has 5 nitrogen and oxygen atoms in total. The summed E-state index contributed by atoms with van der Waals surface area (Å²) in [6, 6.07) is 6.91. The molecule has 1 aromatic carbocycles. The van der Waals surface area contributed by atoms with Crippen molar-refractivity contribution in [1.29, 1.82) is 0 Å². The van der Waals surface area contributed by atoms with Crippen LogP contribution in [0.25, 0.3) is 11.3 Å². The number of Topliss-reactive ketones (excluding diaryl/α,β-unsaturated/α-hetero) is 1. The molecule has 0 amide bonds. The Labute approximate surface area is 165 Å². The normalized spacial score (nSPS) is 17.0. The van der Waals surface area contributed by atoms with E-state index in [0.29, 0.717) is 24.4 Å². The molecule has 1 atom stereocenters. The minimum Gasteiger partial charge on any atom is -0.299 e. The van der Waals surface area contributed by atoms with Crippen molar-refractivity contribution in [2.24, 2.45) is 5.92 Å². The summed E-state index contributed by atoms with van der Waals surface area (Å²) < 4.78 is 27.0. The largest absolute Gasteiger partial charge is 0.299 e. The number of benzene rings is 1. The van der Waals surface area contributed by atoms with E-state index in [0.717, 1.165) is 41.9 Å². The minimum atomic E-state index is -3.41. The zero-order valence-corrected chi connectivity index (χ0v) is 17.5. The number of hydrogen-bond donors (Lipinski definition) is 0. The van der Waals surface area contributed by atoms with E-state index >= 15 is 0 Å². The van der Waals surface area contributed by atoms with Crippen molar-refractivity contribution in [2.75, 3.05) is 13.1 Å². The number of ketones is 1. The van der Waals surface area contributed by atoms with Gasteiger partial charge < -0.3 is 0 Å². The lowest BCUT2D eigenvalue weighted by atomic mass is 10.0. The van der Waals surface area contributed by atoms with Gasteiger partial charge in [0, 0.05) is 30.0 Å². The Morgan fingerprint density at radius 3 is 2.48 bits per heavy atom. The van der Waals surface area contributed by atoms with E-state index < -0.39 is 10.0 Å². The Morgan fingerprint density at radius 1 is 1.19 bits per heavy atom. The van der Waals surface area contributed by atoms with Crippen molar-refractivity contribution < 1.29 is 13.2 Å². The van der Waals surface area contributed by atoms with Crippen LogP contribution >= 0.6 is 11.3 Å². The Kier molecular flexibility index (Phi) is 6.44. The average Bonchev–Trinajstić information content (AvgIpc) is 3.16. The van der Waals surface area contributed by atoms with Crippen LogP contribution in [0.5, 0.6) is 0 Å². The molecule has 27 heavy (non-hydrogen) atoms. The minimum absolute atomic E-state index is 0.0524. The second-order valence-electron chi connectivity index (χ2n) is 7.07. The summed E-state index contributed by atoms with van der Waals surface area (Å²) in [5.41, 5.74) is 1.65. The third-order valence-electron chi connectivity index (χ3n) is 5.14. The molecular formula is C20H26N2O3S2. The number of carbonyl (C=O) groups excluding carboxylic acids is 1. The standard InChI is InChI=1S/C20H26N2O3S2/c1-3-15(2)19(23)13-20-21-18(14-26-20)16-7-9-17(10-8-16)27(24,25)22-11-5-4-6-12-22/h7-10,14-15H,3-6,11-13H2,1-2H3. The summed E-state index contributed by atoms with van der Waals surface area (Å²) in [6.07, 6.45) is 4.14. The molecule has 1 unspecified atom stereocenters. The molecule has 7 heteroatoms. The van der Waals surface area contributed by atoms with E-state index in [1.165, 1.54) is 11.3 Å². The van der Waals surface area contributed by atoms with Gasteiger partial charge in [-0.3, -0.25) is 4.79 Å². The lowest BCUT2D eigenvalue weighted by molar-refractivity contribution is -0.121. The van der Waals surface area contributed by atoms with Gasteiger partial charge in [0.1, 0.15) is 10.8 Å². The van der Waals surface area contributed by atoms with E-state index in [-0.39, 0.29) is 11.7 Å². The van der Waals surface area contributed by atoms with Crippen LogP contribution in [0.4, 0.5) is 0 Å². The van der Waals surface area contributed by atoms with Crippen LogP contribution in [-0.2, 0) is 21.2 Å². The number of aromatic nitrogens is 1.